The Morgan fingerprint density at radius 2 is 2.08 bits per heavy atom. The molecule has 1 N–H and O–H groups in total. The molecule has 6 heteroatoms. The summed E-state index contributed by atoms with van der Waals surface area (Å²) in [6.07, 6.45) is 0.433. The van der Waals surface area contributed by atoms with Crippen LogP contribution in [0.1, 0.15) is 16.1 Å². The number of hydrogen-bond donors (Lipinski definition) is 1. The molecule has 0 saturated carbocycles. The van der Waals surface area contributed by atoms with Gasteiger partial charge < -0.3 is 4.98 Å². The van der Waals surface area contributed by atoms with E-state index in [1.165, 1.54) is 29.8 Å². The van der Waals surface area contributed by atoms with Crippen LogP contribution in [0.25, 0.3) is 0 Å². The lowest BCUT2D eigenvalue weighted by Crippen LogP contribution is -2.32. The molecule has 64 valence electrons. The van der Waals surface area contributed by atoms with Crippen LogP contribution >= 0.6 is 22.9 Å². The number of aryl methyl sites for hydroxylation is 1. The van der Waals surface area contributed by atoms with Crippen LogP contribution in [-0.4, -0.2) is 14.1 Å². The van der Waals surface area contributed by atoms with Gasteiger partial charge in [-0.2, -0.15) is 2.78 Å². The molecule has 0 fully saturated rings. The highest BCUT2D eigenvalue weighted by atomic mass is 127. The lowest BCUT2D eigenvalue weighted by atomic mass is 10.3. The summed E-state index contributed by atoms with van der Waals surface area (Å²) >= 11 is 1.54. The maximum atomic E-state index is 11.1. The van der Waals surface area contributed by atoms with Crippen molar-refractivity contribution >= 4 is 29.2 Å². The first-order valence-electron chi connectivity index (χ1n) is 3.05. The number of carbonyl (C=O) groups excluding carboxylic acids is 1. The molecule has 1 heterocycles. The third-order valence-corrected chi connectivity index (χ3v) is 2.28. The van der Waals surface area contributed by atoms with Crippen molar-refractivity contribution in [3.05, 3.63) is 32.1 Å². The zero-order valence-corrected chi connectivity index (χ0v) is 8.28. The summed E-state index contributed by atoms with van der Waals surface area (Å²) in [6.45, 7) is 1.50. The minimum absolute atomic E-state index is 0.0102. The van der Waals surface area contributed by atoms with Gasteiger partial charge in [-0.3, -0.25) is 9.59 Å². The standard InChI is InChI=1S/C6H5IN2O3/c1-3-4(2-10)5(11)9(7)6(12)8-3/h2H,1H3,(H,8,12). The molecule has 5 nitrogen and oxygen atoms in total. The lowest BCUT2D eigenvalue weighted by molar-refractivity contribution is 0.112. The second-order valence-corrected chi connectivity index (χ2v) is 3.14. The fourth-order valence-electron chi connectivity index (χ4n) is 0.774. The Bertz CT molecular complexity index is 431. The van der Waals surface area contributed by atoms with Crippen molar-refractivity contribution in [3.63, 3.8) is 0 Å². The smallest absolute Gasteiger partial charge is 0.310 e. The van der Waals surface area contributed by atoms with E-state index in [9.17, 15) is 14.4 Å². The molecule has 0 radical (unpaired) electrons. The van der Waals surface area contributed by atoms with Gasteiger partial charge in [-0.1, -0.05) is 0 Å². The highest BCUT2D eigenvalue weighted by molar-refractivity contribution is 14.1. The molecule has 0 amide bonds. The van der Waals surface area contributed by atoms with Crippen molar-refractivity contribution in [1.82, 2.24) is 7.76 Å². The molecule has 0 bridgehead atoms. The molecule has 0 aliphatic carbocycles. The van der Waals surface area contributed by atoms with Crippen LogP contribution in [0.2, 0.25) is 0 Å². The minimum atomic E-state index is -0.577. The van der Waals surface area contributed by atoms with Gasteiger partial charge in [-0.25, -0.2) is 4.79 Å². The summed E-state index contributed by atoms with van der Waals surface area (Å²) in [5.74, 6) is 0. The normalized spacial score (nSPS) is 9.83. The Morgan fingerprint density at radius 3 is 2.58 bits per heavy atom. The summed E-state index contributed by atoms with van der Waals surface area (Å²) in [5.41, 5.74) is -0.813. The fraction of sp³-hybridized carbons (Fsp3) is 0.167. The Hall–Kier alpha value is -0.920. The Balaban J connectivity index is 3.75. The number of rotatable bonds is 1. The molecule has 12 heavy (non-hydrogen) atoms. The van der Waals surface area contributed by atoms with Crippen molar-refractivity contribution in [3.8, 4) is 0 Å². The predicted octanol–water partition coefficient (Wildman–Crippen LogP) is -0.144. The number of halogens is 1. The van der Waals surface area contributed by atoms with Gasteiger partial charge in [0.05, 0.1) is 28.4 Å². The van der Waals surface area contributed by atoms with Crippen LogP contribution in [0.5, 0.6) is 0 Å². The minimum Gasteiger partial charge on any atom is -0.310 e. The Labute approximate surface area is 80.9 Å². The number of nitrogens with zero attached hydrogens (tertiary/aromatic N) is 1. The second-order valence-electron chi connectivity index (χ2n) is 2.17. The molecule has 1 aromatic heterocycles. The van der Waals surface area contributed by atoms with Crippen LogP contribution < -0.4 is 11.2 Å². The van der Waals surface area contributed by atoms with Gasteiger partial charge in [-0.05, 0) is 6.92 Å². The number of aldehydes is 1. The van der Waals surface area contributed by atoms with E-state index in [4.69, 9.17) is 0 Å². The molecule has 1 aromatic rings. The molecule has 0 aromatic carbocycles. The van der Waals surface area contributed by atoms with E-state index in [1.54, 1.807) is 0 Å². The summed E-state index contributed by atoms with van der Waals surface area (Å²) in [4.78, 5) is 34.8. The molecule has 1 rings (SSSR count). The predicted molar refractivity (Wildman–Crippen MR) is 50.9 cm³/mol. The largest absolute Gasteiger partial charge is 0.337 e. The van der Waals surface area contributed by atoms with E-state index in [-0.39, 0.29) is 5.56 Å². The van der Waals surface area contributed by atoms with Crippen molar-refractivity contribution in [1.29, 1.82) is 0 Å². The summed E-state index contributed by atoms with van der Waals surface area (Å²) in [5, 5.41) is 0. The van der Waals surface area contributed by atoms with Gasteiger partial charge >= 0.3 is 5.69 Å². The van der Waals surface area contributed by atoms with Gasteiger partial charge in [0, 0.05) is 5.69 Å². The first kappa shape index (κ1) is 9.17. The lowest BCUT2D eigenvalue weighted by Gasteiger charge is -1.97. The average Bonchev–Trinajstić information content (AvgIpc) is 2.01. The third-order valence-electron chi connectivity index (χ3n) is 1.40. The van der Waals surface area contributed by atoms with Crippen LogP contribution in [0, 0.1) is 6.92 Å². The van der Waals surface area contributed by atoms with E-state index in [0.29, 0.717) is 12.0 Å². The van der Waals surface area contributed by atoms with E-state index >= 15 is 0 Å². The van der Waals surface area contributed by atoms with Crippen LogP contribution in [0.15, 0.2) is 9.59 Å². The van der Waals surface area contributed by atoms with Crippen LogP contribution in [0.4, 0.5) is 0 Å². The zero-order valence-electron chi connectivity index (χ0n) is 6.13. The van der Waals surface area contributed by atoms with Gasteiger partial charge in [0.15, 0.2) is 6.29 Å². The number of carbonyl (C=O) groups is 1. The van der Waals surface area contributed by atoms with Crippen molar-refractivity contribution in [2.45, 2.75) is 6.92 Å². The number of aromatic amines is 1. The van der Waals surface area contributed by atoms with Crippen LogP contribution in [-0.2, 0) is 0 Å². The molecular formula is C6H5IN2O3. The number of nitrogens with one attached hydrogen (secondary N) is 1. The van der Waals surface area contributed by atoms with Gasteiger partial charge in [-0.15, -0.1) is 0 Å². The molecule has 0 atom stereocenters. The van der Waals surface area contributed by atoms with Crippen molar-refractivity contribution in [2.24, 2.45) is 0 Å². The zero-order chi connectivity index (χ0) is 9.30. The third kappa shape index (κ3) is 1.33. The molecule has 0 aliphatic rings. The Kier molecular flexibility index (Phi) is 2.46. The monoisotopic (exact) mass is 280 g/mol. The Morgan fingerprint density at radius 1 is 1.50 bits per heavy atom. The number of aromatic nitrogens is 2. The maximum absolute atomic E-state index is 11.1. The van der Waals surface area contributed by atoms with Crippen molar-refractivity contribution < 1.29 is 4.79 Å². The van der Waals surface area contributed by atoms with E-state index in [0.717, 1.165) is 2.78 Å². The SMILES string of the molecule is Cc1[nH]c(=O)n(I)c(=O)c1C=O. The quantitative estimate of drug-likeness (QED) is 0.574. The molecular weight excluding hydrogens is 275 g/mol. The number of hydrogen-bond acceptors (Lipinski definition) is 3. The van der Waals surface area contributed by atoms with Gasteiger partial charge in [0.2, 0.25) is 0 Å². The first-order valence-corrected chi connectivity index (χ1v) is 4.01. The number of H-pyrrole nitrogens is 1. The first-order chi connectivity index (χ1) is 5.57. The van der Waals surface area contributed by atoms with Gasteiger partial charge in [0.1, 0.15) is 0 Å². The molecule has 0 aliphatic heterocycles. The topological polar surface area (TPSA) is 71.9 Å². The van der Waals surface area contributed by atoms with E-state index in [2.05, 4.69) is 4.98 Å². The van der Waals surface area contributed by atoms with Crippen LogP contribution in [0.3, 0.4) is 0 Å². The van der Waals surface area contributed by atoms with Crippen molar-refractivity contribution in [2.75, 3.05) is 0 Å². The maximum Gasteiger partial charge on any atom is 0.337 e. The summed E-state index contributed by atoms with van der Waals surface area (Å²) in [7, 11) is 0. The summed E-state index contributed by atoms with van der Waals surface area (Å²) in [6, 6.07) is 0. The van der Waals surface area contributed by atoms with E-state index < -0.39 is 11.2 Å². The molecule has 0 unspecified atom stereocenters. The van der Waals surface area contributed by atoms with Gasteiger partial charge in [0.25, 0.3) is 5.56 Å². The average molecular weight is 280 g/mol. The van der Waals surface area contributed by atoms with E-state index in [1.807, 2.05) is 0 Å². The highest BCUT2D eigenvalue weighted by Gasteiger charge is 2.07. The molecule has 0 saturated heterocycles. The fourth-order valence-corrected chi connectivity index (χ4v) is 1.15. The highest BCUT2D eigenvalue weighted by Crippen LogP contribution is 1.91. The second kappa shape index (κ2) is 3.21. The molecule has 0 spiro atoms. The summed E-state index contributed by atoms with van der Waals surface area (Å²) < 4.78 is 0.828.